The van der Waals surface area contributed by atoms with E-state index >= 15 is 0 Å². The summed E-state index contributed by atoms with van der Waals surface area (Å²) in [6.45, 7) is 0. The predicted octanol–water partition coefficient (Wildman–Crippen LogP) is 4.88. The Morgan fingerprint density at radius 1 is 0.973 bits per heavy atom. The van der Waals surface area contributed by atoms with Gasteiger partial charge in [-0.3, -0.25) is 9.59 Å². The Kier molecular flexibility index (Phi) is 7.23. The van der Waals surface area contributed by atoms with Crippen LogP contribution in [-0.4, -0.2) is 47.2 Å². The summed E-state index contributed by atoms with van der Waals surface area (Å²) in [6, 6.07) is 24.6. The van der Waals surface area contributed by atoms with Gasteiger partial charge in [0.1, 0.15) is 16.7 Å². The Labute approximate surface area is 219 Å². The number of thioether (sulfide) groups is 1. The molecule has 188 valence electrons. The number of carbonyl (C=O) groups is 2. The van der Waals surface area contributed by atoms with Gasteiger partial charge in [0.05, 0.1) is 26.0 Å². The zero-order chi connectivity index (χ0) is 25.8. The van der Waals surface area contributed by atoms with Gasteiger partial charge in [0.15, 0.2) is 5.17 Å². The third-order valence-electron chi connectivity index (χ3n) is 6.19. The average Bonchev–Trinajstić information content (AvgIpc) is 3.53. The fourth-order valence-corrected chi connectivity index (χ4v) is 5.30. The number of para-hydroxylation sites is 1. The third kappa shape index (κ3) is 5.51. The molecular weight excluding hydrogens is 488 g/mol. The second kappa shape index (κ2) is 10.9. The topological polar surface area (TPSA) is 92.6 Å². The second-order valence-electron chi connectivity index (χ2n) is 8.57. The number of carbonyl (C=O) groups excluding carboxylic acids is 2. The minimum absolute atomic E-state index is 0.0293. The molecule has 2 amide bonds. The van der Waals surface area contributed by atoms with E-state index in [1.807, 2.05) is 78.9 Å². The Morgan fingerprint density at radius 3 is 2.27 bits per heavy atom. The zero-order valence-corrected chi connectivity index (χ0v) is 21.3. The van der Waals surface area contributed by atoms with Gasteiger partial charge in [0, 0.05) is 18.5 Å². The van der Waals surface area contributed by atoms with E-state index in [-0.39, 0.29) is 24.3 Å². The molecule has 0 aromatic heterocycles. The van der Waals surface area contributed by atoms with E-state index in [2.05, 4.69) is 10.3 Å². The van der Waals surface area contributed by atoms with Gasteiger partial charge < -0.3 is 14.8 Å². The maximum atomic E-state index is 12.8. The number of anilines is 1. The van der Waals surface area contributed by atoms with Crippen molar-refractivity contribution in [2.45, 2.75) is 24.1 Å². The number of rotatable bonds is 7. The number of hydrazone groups is 1. The molecule has 1 N–H and O–H groups in total. The van der Waals surface area contributed by atoms with Gasteiger partial charge >= 0.3 is 0 Å². The summed E-state index contributed by atoms with van der Waals surface area (Å²) in [6.07, 6.45) is 0.660. The molecule has 2 aliphatic heterocycles. The number of benzene rings is 3. The number of methoxy groups -OCH3 is 2. The molecule has 5 rings (SSSR count). The van der Waals surface area contributed by atoms with Crippen LogP contribution in [0, 0.1) is 0 Å². The fourth-order valence-electron chi connectivity index (χ4n) is 4.24. The second-order valence-corrected chi connectivity index (χ2v) is 9.74. The van der Waals surface area contributed by atoms with E-state index in [0.29, 0.717) is 17.3 Å². The molecule has 9 heteroatoms. The van der Waals surface area contributed by atoms with Gasteiger partial charge in [-0.25, -0.2) is 5.01 Å². The summed E-state index contributed by atoms with van der Waals surface area (Å²) in [7, 11) is 3.26. The fraction of sp³-hybridized carbons (Fsp3) is 0.214. The van der Waals surface area contributed by atoms with Crippen LogP contribution >= 0.6 is 11.8 Å². The smallest absolute Gasteiger partial charge is 0.262 e. The Hall–Kier alpha value is -4.11. The monoisotopic (exact) mass is 514 g/mol. The molecular formula is C28H26N4O4S. The molecule has 2 heterocycles. The van der Waals surface area contributed by atoms with Crippen molar-refractivity contribution in [3.8, 4) is 11.5 Å². The summed E-state index contributed by atoms with van der Waals surface area (Å²) in [4.78, 5) is 29.7. The summed E-state index contributed by atoms with van der Waals surface area (Å²) in [5, 5.41) is 9.42. The highest BCUT2D eigenvalue weighted by Gasteiger charge is 2.39. The highest BCUT2D eigenvalue weighted by molar-refractivity contribution is 8.15. The van der Waals surface area contributed by atoms with Crippen LogP contribution in [0.2, 0.25) is 0 Å². The standard InChI is InChI=1S/C28H26N4O4S/c1-35-21-12-8-18(9-13-21)23-16-24(19-10-14-22(36-2)15-11-19)32(31-23)28-30-27(34)25(37-28)17-26(33)29-20-6-4-3-5-7-20/h3-15,24-25H,16-17H2,1-2H3,(H,29,33)/t24-,25+/m1/s1. The number of hydrogen-bond donors (Lipinski definition) is 1. The minimum Gasteiger partial charge on any atom is -0.497 e. The molecule has 0 aliphatic carbocycles. The lowest BCUT2D eigenvalue weighted by Crippen LogP contribution is -2.25. The minimum atomic E-state index is -0.601. The third-order valence-corrected chi connectivity index (χ3v) is 7.33. The Morgan fingerprint density at radius 2 is 1.62 bits per heavy atom. The van der Waals surface area contributed by atoms with Gasteiger partial charge in [0.25, 0.3) is 5.91 Å². The van der Waals surface area contributed by atoms with Crippen molar-refractivity contribution < 1.29 is 19.1 Å². The Balaban J connectivity index is 1.36. The first kappa shape index (κ1) is 24.6. The van der Waals surface area contributed by atoms with Crippen LogP contribution < -0.4 is 14.8 Å². The van der Waals surface area contributed by atoms with E-state index in [1.165, 1.54) is 11.8 Å². The molecule has 8 nitrogen and oxygen atoms in total. The first-order chi connectivity index (χ1) is 18.0. The molecule has 0 radical (unpaired) electrons. The molecule has 0 saturated heterocycles. The summed E-state index contributed by atoms with van der Waals surface area (Å²) >= 11 is 1.28. The zero-order valence-electron chi connectivity index (χ0n) is 20.5. The molecule has 3 aromatic carbocycles. The molecule has 0 bridgehead atoms. The first-order valence-electron chi connectivity index (χ1n) is 11.8. The lowest BCUT2D eigenvalue weighted by atomic mass is 9.98. The van der Waals surface area contributed by atoms with E-state index in [9.17, 15) is 9.59 Å². The van der Waals surface area contributed by atoms with E-state index < -0.39 is 5.25 Å². The molecule has 0 saturated carbocycles. The number of hydrogen-bond acceptors (Lipinski definition) is 7. The lowest BCUT2D eigenvalue weighted by Gasteiger charge is -2.23. The van der Waals surface area contributed by atoms with Gasteiger partial charge in [-0.1, -0.05) is 42.1 Å². The quantitative estimate of drug-likeness (QED) is 0.483. The summed E-state index contributed by atoms with van der Waals surface area (Å²) < 4.78 is 10.6. The molecule has 0 unspecified atom stereocenters. The van der Waals surface area contributed by atoms with Crippen LogP contribution in [0.15, 0.2) is 89.0 Å². The van der Waals surface area contributed by atoms with Gasteiger partial charge in [-0.15, -0.1) is 0 Å². The normalized spacial score (nSPS) is 18.9. The van der Waals surface area contributed by atoms with E-state index in [1.54, 1.807) is 19.2 Å². The maximum absolute atomic E-state index is 12.8. The summed E-state index contributed by atoms with van der Waals surface area (Å²) in [5.41, 5.74) is 3.56. The highest BCUT2D eigenvalue weighted by atomic mass is 32.2. The number of ether oxygens (including phenoxy) is 2. The van der Waals surface area contributed by atoms with Crippen molar-refractivity contribution in [2.75, 3.05) is 19.5 Å². The van der Waals surface area contributed by atoms with Crippen LogP contribution in [-0.2, 0) is 9.59 Å². The van der Waals surface area contributed by atoms with Crippen LogP contribution in [0.1, 0.15) is 30.0 Å². The average molecular weight is 515 g/mol. The number of nitrogens with one attached hydrogen (secondary N) is 1. The molecule has 0 spiro atoms. The van der Waals surface area contributed by atoms with E-state index in [4.69, 9.17) is 14.6 Å². The number of amidine groups is 1. The number of nitrogens with zero attached hydrogens (tertiary/aromatic N) is 3. The van der Waals surface area contributed by atoms with E-state index in [0.717, 1.165) is 28.3 Å². The van der Waals surface area contributed by atoms with Crippen LogP contribution in [0.5, 0.6) is 11.5 Å². The van der Waals surface area contributed by atoms with Gasteiger partial charge in [-0.2, -0.15) is 10.1 Å². The lowest BCUT2D eigenvalue weighted by molar-refractivity contribution is -0.121. The van der Waals surface area contributed by atoms with Crippen LogP contribution in [0.3, 0.4) is 0 Å². The molecule has 0 fully saturated rings. The van der Waals surface area contributed by atoms with Crippen LogP contribution in [0.4, 0.5) is 5.69 Å². The predicted molar refractivity (Wildman–Crippen MR) is 145 cm³/mol. The van der Waals surface area contributed by atoms with Gasteiger partial charge in [-0.05, 0) is 59.7 Å². The largest absolute Gasteiger partial charge is 0.497 e. The van der Waals surface area contributed by atoms with Gasteiger partial charge in [0.2, 0.25) is 5.91 Å². The number of amides is 2. The van der Waals surface area contributed by atoms with Crippen molar-refractivity contribution in [1.29, 1.82) is 0 Å². The van der Waals surface area contributed by atoms with Crippen molar-refractivity contribution in [2.24, 2.45) is 10.1 Å². The van der Waals surface area contributed by atoms with Crippen LogP contribution in [0.25, 0.3) is 0 Å². The molecule has 2 atom stereocenters. The first-order valence-corrected chi connectivity index (χ1v) is 12.7. The molecule has 3 aromatic rings. The highest BCUT2D eigenvalue weighted by Crippen LogP contribution is 2.39. The van der Waals surface area contributed by atoms with Crippen molar-refractivity contribution in [3.05, 3.63) is 90.0 Å². The van der Waals surface area contributed by atoms with Crippen molar-refractivity contribution >= 4 is 40.1 Å². The SMILES string of the molecule is COc1ccc(C2=NN(C3=NC(=O)[C@H](CC(=O)Nc4ccccc4)S3)[C@@H](c3ccc(OC)cc3)C2)cc1. The summed E-state index contributed by atoms with van der Waals surface area (Å²) in [5.74, 6) is 0.967. The molecule has 37 heavy (non-hydrogen) atoms. The molecule has 2 aliphatic rings. The number of aliphatic imine (C=N–C) groups is 1. The maximum Gasteiger partial charge on any atom is 0.262 e. The Bertz CT molecular complexity index is 1340. The van der Waals surface area contributed by atoms with Crippen molar-refractivity contribution in [1.82, 2.24) is 5.01 Å². The van der Waals surface area contributed by atoms with Crippen molar-refractivity contribution in [3.63, 3.8) is 0 Å².